The highest BCUT2D eigenvalue weighted by molar-refractivity contribution is 5.96. The summed E-state index contributed by atoms with van der Waals surface area (Å²) in [6, 6.07) is 5.78. The molecule has 2 aliphatic rings. The van der Waals surface area contributed by atoms with Gasteiger partial charge in [-0.05, 0) is 37.1 Å². The highest BCUT2D eigenvalue weighted by atomic mass is 16.3. The molecule has 0 aromatic heterocycles. The molecule has 1 aromatic carbocycles. The number of nitrogens with one attached hydrogen (secondary N) is 2. The number of piperazine rings is 1. The predicted octanol–water partition coefficient (Wildman–Crippen LogP) is -0.689. The Morgan fingerprint density at radius 2 is 2.00 bits per heavy atom. The minimum Gasteiger partial charge on any atom is -0.391 e. The van der Waals surface area contributed by atoms with Crippen molar-refractivity contribution in [2.24, 2.45) is 0 Å². The summed E-state index contributed by atoms with van der Waals surface area (Å²) in [4.78, 5) is 29.8. The van der Waals surface area contributed by atoms with Crippen LogP contribution in [0, 0.1) is 13.8 Å². The number of hydrogen-bond acceptors (Lipinski definition) is 3. The van der Waals surface area contributed by atoms with E-state index in [9.17, 15) is 9.59 Å². The van der Waals surface area contributed by atoms with Crippen LogP contribution in [0.4, 0.5) is 10.5 Å². The summed E-state index contributed by atoms with van der Waals surface area (Å²) >= 11 is 0. The third-order valence-electron chi connectivity index (χ3n) is 5.48. The van der Waals surface area contributed by atoms with Crippen molar-refractivity contribution in [1.29, 1.82) is 0 Å². The molecule has 26 heavy (non-hydrogen) atoms. The molecule has 0 saturated carbocycles. The first kappa shape index (κ1) is 18.7. The van der Waals surface area contributed by atoms with E-state index in [1.807, 2.05) is 30.0 Å². The lowest BCUT2D eigenvalue weighted by molar-refractivity contribution is -0.904. The molecular formula is C19H29N4O3+. The van der Waals surface area contributed by atoms with E-state index < -0.39 is 0 Å². The Bertz CT molecular complexity index is 671. The molecule has 0 radical (unpaired) electrons. The Hall–Kier alpha value is -2.12. The number of nitrogens with zero attached hydrogens (tertiary/aromatic N) is 2. The highest BCUT2D eigenvalue weighted by Crippen LogP contribution is 2.24. The molecule has 142 valence electrons. The summed E-state index contributed by atoms with van der Waals surface area (Å²) in [5.41, 5.74) is 3.26. The number of urea groups is 1. The molecule has 3 amide bonds. The van der Waals surface area contributed by atoms with Crippen molar-refractivity contribution in [3.63, 3.8) is 0 Å². The van der Waals surface area contributed by atoms with Gasteiger partial charge in [0.15, 0.2) is 0 Å². The SMILES string of the molecule is Cc1ccc(N2C[C@@H](NC(=O)N3CC[NH+](CCO)CC3)CC2=O)cc1C. The number of carbonyl (C=O) groups excluding carboxylic acids is 2. The number of aliphatic hydroxyl groups is 1. The van der Waals surface area contributed by atoms with Gasteiger partial charge in [-0.2, -0.15) is 0 Å². The minimum atomic E-state index is -0.153. The smallest absolute Gasteiger partial charge is 0.318 e. The molecule has 1 aromatic rings. The highest BCUT2D eigenvalue weighted by Gasteiger charge is 2.33. The van der Waals surface area contributed by atoms with E-state index in [4.69, 9.17) is 5.11 Å². The molecule has 2 heterocycles. The largest absolute Gasteiger partial charge is 0.391 e. The lowest BCUT2D eigenvalue weighted by Crippen LogP contribution is -3.15. The molecule has 3 rings (SSSR count). The fraction of sp³-hybridized carbons (Fsp3) is 0.579. The fourth-order valence-corrected chi connectivity index (χ4v) is 3.65. The number of aliphatic hydroxyl groups excluding tert-OH is 1. The van der Waals surface area contributed by atoms with Gasteiger partial charge in [-0.25, -0.2) is 4.79 Å². The van der Waals surface area contributed by atoms with Crippen LogP contribution in [0.15, 0.2) is 18.2 Å². The van der Waals surface area contributed by atoms with Gasteiger partial charge in [0.25, 0.3) is 0 Å². The second kappa shape index (κ2) is 8.05. The second-order valence-corrected chi connectivity index (χ2v) is 7.33. The second-order valence-electron chi connectivity index (χ2n) is 7.33. The van der Waals surface area contributed by atoms with Gasteiger partial charge in [0.2, 0.25) is 5.91 Å². The Labute approximate surface area is 154 Å². The molecular weight excluding hydrogens is 332 g/mol. The van der Waals surface area contributed by atoms with Crippen molar-refractivity contribution in [2.45, 2.75) is 26.3 Å². The standard InChI is InChI=1S/C19H28N4O3/c1-14-3-4-17(11-15(14)2)23-13-16(12-18(23)25)20-19(26)22-7-5-21(6-8-22)9-10-24/h3-4,11,16,24H,5-10,12-13H2,1-2H3,(H,20,26)/p+1/t16-/m0/s1. The average molecular weight is 361 g/mol. The van der Waals surface area contributed by atoms with Crippen LogP contribution in [0.5, 0.6) is 0 Å². The van der Waals surface area contributed by atoms with Crippen LogP contribution in [-0.4, -0.2) is 73.9 Å². The lowest BCUT2D eigenvalue weighted by atomic mass is 10.1. The van der Waals surface area contributed by atoms with Crippen molar-refractivity contribution in [3.8, 4) is 0 Å². The van der Waals surface area contributed by atoms with E-state index in [1.54, 1.807) is 4.90 Å². The Morgan fingerprint density at radius 1 is 1.27 bits per heavy atom. The van der Waals surface area contributed by atoms with Gasteiger partial charge in [0.1, 0.15) is 6.54 Å². The Balaban J connectivity index is 1.54. The van der Waals surface area contributed by atoms with Crippen molar-refractivity contribution in [2.75, 3.05) is 50.8 Å². The van der Waals surface area contributed by atoms with Gasteiger partial charge < -0.3 is 25.1 Å². The van der Waals surface area contributed by atoms with Crippen molar-refractivity contribution >= 4 is 17.6 Å². The molecule has 2 aliphatic heterocycles. The van der Waals surface area contributed by atoms with Gasteiger partial charge >= 0.3 is 6.03 Å². The Morgan fingerprint density at radius 3 is 2.65 bits per heavy atom. The molecule has 0 unspecified atom stereocenters. The number of aryl methyl sites for hydroxylation is 2. The molecule has 7 heteroatoms. The number of quaternary nitrogens is 1. The number of hydrogen-bond donors (Lipinski definition) is 3. The van der Waals surface area contributed by atoms with Crippen LogP contribution < -0.4 is 15.1 Å². The van der Waals surface area contributed by atoms with Crippen LogP contribution in [0.3, 0.4) is 0 Å². The van der Waals surface area contributed by atoms with E-state index in [2.05, 4.69) is 12.2 Å². The van der Waals surface area contributed by atoms with Gasteiger partial charge in [-0.3, -0.25) is 4.79 Å². The first-order valence-corrected chi connectivity index (χ1v) is 9.35. The summed E-state index contributed by atoms with van der Waals surface area (Å²) < 4.78 is 0. The number of carbonyl (C=O) groups is 2. The fourth-order valence-electron chi connectivity index (χ4n) is 3.65. The lowest BCUT2D eigenvalue weighted by Gasteiger charge is -2.32. The molecule has 2 fully saturated rings. The maximum atomic E-state index is 12.5. The quantitative estimate of drug-likeness (QED) is 0.665. The maximum Gasteiger partial charge on any atom is 0.318 e. The molecule has 2 saturated heterocycles. The maximum absolute atomic E-state index is 12.5. The number of rotatable bonds is 4. The Kier molecular flexibility index (Phi) is 5.78. The van der Waals surface area contributed by atoms with Gasteiger partial charge in [0, 0.05) is 18.7 Å². The van der Waals surface area contributed by atoms with E-state index in [0.29, 0.717) is 26.1 Å². The molecule has 0 aliphatic carbocycles. The van der Waals surface area contributed by atoms with Gasteiger partial charge in [0.05, 0.1) is 38.8 Å². The summed E-state index contributed by atoms with van der Waals surface area (Å²) in [6.45, 7) is 8.59. The molecule has 3 N–H and O–H groups in total. The number of amides is 3. The molecule has 0 bridgehead atoms. The van der Waals surface area contributed by atoms with Crippen molar-refractivity contribution in [1.82, 2.24) is 10.2 Å². The summed E-state index contributed by atoms with van der Waals surface area (Å²) in [7, 11) is 0. The summed E-state index contributed by atoms with van der Waals surface area (Å²) in [5.74, 6) is 0.0516. The van der Waals surface area contributed by atoms with Crippen molar-refractivity contribution < 1.29 is 19.6 Å². The third kappa shape index (κ3) is 4.16. The monoisotopic (exact) mass is 361 g/mol. The zero-order chi connectivity index (χ0) is 18.7. The van der Waals surface area contributed by atoms with Crippen LogP contribution >= 0.6 is 0 Å². The first-order valence-electron chi connectivity index (χ1n) is 9.35. The topological polar surface area (TPSA) is 77.3 Å². The summed E-state index contributed by atoms with van der Waals surface area (Å²) in [6.07, 6.45) is 0.342. The van der Waals surface area contributed by atoms with Gasteiger partial charge in [-0.1, -0.05) is 6.07 Å². The van der Waals surface area contributed by atoms with Crippen LogP contribution in [0.2, 0.25) is 0 Å². The van der Waals surface area contributed by atoms with E-state index >= 15 is 0 Å². The average Bonchev–Trinajstić information content (AvgIpc) is 2.98. The van der Waals surface area contributed by atoms with E-state index in [-0.39, 0.29) is 24.6 Å². The number of anilines is 1. The van der Waals surface area contributed by atoms with Crippen LogP contribution in [-0.2, 0) is 4.79 Å². The predicted molar refractivity (Wildman–Crippen MR) is 99.4 cm³/mol. The van der Waals surface area contributed by atoms with E-state index in [0.717, 1.165) is 30.9 Å². The zero-order valence-corrected chi connectivity index (χ0v) is 15.6. The van der Waals surface area contributed by atoms with Crippen LogP contribution in [0.1, 0.15) is 17.5 Å². The van der Waals surface area contributed by atoms with Crippen LogP contribution in [0.25, 0.3) is 0 Å². The third-order valence-corrected chi connectivity index (χ3v) is 5.48. The number of benzene rings is 1. The van der Waals surface area contributed by atoms with E-state index in [1.165, 1.54) is 10.5 Å². The zero-order valence-electron chi connectivity index (χ0n) is 15.6. The molecule has 0 spiro atoms. The summed E-state index contributed by atoms with van der Waals surface area (Å²) in [5, 5.41) is 12.0. The minimum absolute atomic E-state index is 0.0516. The first-order chi connectivity index (χ1) is 12.5. The normalized spacial score (nSPS) is 21.3. The van der Waals surface area contributed by atoms with Crippen molar-refractivity contribution in [3.05, 3.63) is 29.3 Å². The van der Waals surface area contributed by atoms with Gasteiger partial charge in [-0.15, -0.1) is 0 Å². The molecule has 7 nitrogen and oxygen atoms in total. The molecule has 1 atom stereocenters.